The van der Waals surface area contributed by atoms with Crippen LogP contribution in [0.15, 0.2) is 6.33 Å². The number of nitrogens with one attached hydrogen (secondary N) is 1. The van der Waals surface area contributed by atoms with E-state index in [1.54, 1.807) is 0 Å². The molecule has 0 amide bonds. The number of rotatable bonds is 3. The predicted octanol–water partition coefficient (Wildman–Crippen LogP) is -0.0483. The molecule has 1 aromatic heterocycles. The Morgan fingerprint density at radius 2 is 2.05 bits per heavy atom. The monoisotopic (exact) mass is 314 g/mol. The van der Waals surface area contributed by atoms with Crippen molar-refractivity contribution in [3.8, 4) is 0 Å². The van der Waals surface area contributed by atoms with Crippen molar-refractivity contribution in [1.82, 2.24) is 18.6 Å². The third-order valence-electron chi connectivity index (χ3n) is 4.08. The molecule has 1 atom stereocenters. The van der Waals surface area contributed by atoms with Crippen molar-refractivity contribution in [2.24, 2.45) is 0 Å². The summed E-state index contributed by atoms with van der Waals surface area (Å²) in [7, 11) is -3.76. The summed E-state index contributed by atoms with van der Waals surface area (Å²) in [6, 6.07) is -1.09. The lowest BCUT2D eigenvalue weighted by Crippen LogP contribution is -2.54. The zero-order chi connectivity index (χ0) is 15.0. The number of nitrogens with zero attached hydrogens (tertiary/aromatic N) is 3. The molecule has 0 bridgehead atoms. The van der Waals surface area contributed by atoms with Gasteiger partial charge in [-0.2, -0.15) is 17.0 Å². The molecule has 1 saturated heterocycles. The number of imidazole rings is 1. The van der Waals surface area contributed by atoms with Crippen LogP contribution in [0.3, 0.4) is 0 Å². The minimum absolute atomic E-state index is 0.0329. The molecule has 2 N–H and O–H groups in total. The van der Waals surface area contributed by atoms with Gasteiger partial charge in [0.2, 0.25) is 0 Å². The van der Waals surface area contributed by atoms with Crippen molar-refractivity contribution in [2.45, 2.75) is 38.3 Å². The average molecular weight is 314 g/mol. The normalized spacial score (nSPS) is 24.7. The predicted molar refractivity (Wildman–Crippen MR) is 73.6 cm³/mol. The Balaban J connectivity index is 1.92. The first-order valence-corrected chi connectivity index (χ1v) is 8.40. The van der Waals surface area contributed by atoms with Crippen molar-refractivity contribution in [1.29, 1.82) is 0 Å². The van der Waals surface area contributed by atoms with Gasteiger partial charge in [-0.1, -0.05) is 6.42 Å². The maximum atomic E-state index is 12.7. The van der Waals surface area contributed by atoms with E-state index in [1.807, 2.05) is 0 Å². The van der Waals surface area contributed by atoms with Gasteiger partial charge in [-0.15, -0.1) is 0 Å². The quantitative estimate of drug-likeness (QED) is 0.813. The zero-order valence-corrected chi connectivity index (χ0v) is 12.3. The number of hydrogen-bond donors (Lipinski definition) is 2. The van der Waals surface area contributed by atoms with Crippen LogP contribution in [0.25, 0.3) is 0 Å². The van der Waals surface area contributed by atoms with Crippen molar-refractivity contribution in [3.63, 3.8) is 0 Å². The van der Waals surface area contributed by atoms with E-state index in [1.165, 1.54) is 10.6 Å². The van der Waals surface area contributed by atoms with Gasteiger partial charge < -0.3 is 10.1 Å². The molecule has 1 fully saturated rings. The molecule has 3 rings (SSSR count). The first-order valence-electron chi connectivity index (χ1n) is 7.01. The van der Waals surface area contributed by atoms with Gasteiger partial charge >= 0.3 is 5.97 Å². The summed E-state index contributed by atoms with van der Waals surface area (Å²) in [6.07, 6.45) is 4.22. The molecule has 0 radical (unpaired) electrons. The number of carboxylic acids is 1. The van der Waals surface area contributed by atoms with E-state index in [9.17, 15) is 18.3 Å². The van der Waals surface area contributed by atoms with Gasteiger partial charge in [-0.05, 0) is 12.8 Å². The molecule has 116 valence electrons. The first kappa shape index (κ1) is 14.5. The number of piperidine rings is 1. The molecule has 2 aliphatic rings. The third kappa shape index (κ3) is 2.56. The van der Waals surface area contributed by atoms with Crippen LogP contribution in [0.1, 0.15) is 30.7 Å². The van der Waals surface area contributed by atoms with Crippen LogP contribution in [-0.4, -0.2) is 57.2 Å². The second kappa shape index (κ2) is 5.39. The fraction of sp³-hybridized carbons (Fsp3) is 0.667. The summed E-state index contributed by atoms with van der Waals surface area (Å²) in [4.78, 5) is 18.4. The van der Waals surface area contributed by atoms with Crippen LogP contribution in [0.2, 0.25) is 0 Å². The Bertz CT molecular complexity index is 635. The minimum Gasteiger partial charge on any atom is -0.480 e. The van der Waals surface area contributed by atoms with Gasteiger partial charge in [0.15, 0.2) is 0 Å². The molecule has 3 heterocycles. The standard InChI is InChI=1S/C12H18N4O4S/c17-12(18)11-6-9-10(14-8-13-9)7-16(11)21(19,20)15-4-2-1-3-5-15/h8,11H,1-7H2,(H,13,14)(H,17,18). The lowest BCUT2D eigenvalue weighted by atomic mass is 10.1. The van der Waals surface area contributed by atoms with Gasteiger partial charge in [-0.25, -0.2) is 4.98 Å². The lowest BCUT2D eigenvalue weighted by molar-refractivity contribution is -0.142. The lowest BCUT2D eigenvalue weighted by Gasteiger charge is -2.36. The maximum absolute atomic E-state index is 12.7. The highest BCUT2D eigenvalue weighted by atomic mass is 32.2. The number of fused-ring (bicyclic) bond motifs is 1. The largest absolute Gasteiger partial charge is 0.480 e. The molecular weight excluding hydrogens is 296 g/mol. The summed E-state index contributed by atoms with van der Waals surface area (Å²) >= 11 is 0. The summed E-state index contributed by atoms with van der Waals surface area (Å²) < 4.78 is 28.0. The topological polar surface area (TPSA) is 107 Å². The second-order valence-electron chi connectivity index (χ2n) is 5.40. The Labute approximate surface area is 123 Å². The van der Waals surface area contributed by atoms with E-state index in [-0.39, 0.29) is 13.0 Å². The van der Waals surface area contributed by atoms with Crippen LogP contribution in [-0.2, 0) is 28.0 Å². The molecule has 8 nitrogen and oxygen atoms in total. The van der Waals surface area contributed by atoms with E-state index in [0.717, 1.165) is 23.6 Å². The highest BCUT2D eigenvalue weighted by Crippen LogP contribution is 2.27. The van der Waals surface area contributed by atoms with Crippen LogP contribution in [0.4, 0.5) is 0 Å². The van der Waals surface area contributed by atoms with Crippen LogP contribution >= 0.6 is 0 Å². The highest BCUT2D eigenvalue weighted by molar-refractivity contribution is 7.86. The average Bonchev–Trinajstić information content (AvgIpc) is 2.94. The fourth-order valence-corrected chi connectivity index (χ4v) is 4.70. The molecule has 1 aromatic rings. The van der Waals surface area contributed by atoms with E-state index >= 15 is 0 Å². The van der Waals surface area contributed by atoms with E-state index < -0.39 is 22.2 Å². The fourth-order valence-electron chi connectivity index (χ4n) is 2.91. The number of H-pyrrole nitrogens is 1. The van der Waals surface area contributed by atoms with Gasteiger partial charge in [0.05, 0.1) is 24.3 Å². The van der Waals surface area contributed by atoms with Crippen molar-refractivity contribution < 1.29 is 18.3 Å². The van der Waals surface area contributed by atoms with Crippen molar-refractivity contribution in [2.75, 3.05) is 13.1 Å². The van der Waals surface area contributed by atoms with Crippen molar-refractivity contribution >= 4 is 16.2 Å². The van der Waals surface area contributed by atoms with Crippen LogP contribution in [0, 0.1) is 0 Å². The summed E-state index contributed by atoms with van der Waals surface area (Å²) in [5.41, 5.74) is 1.31. The Kier molecular flexibility index (Phi) is 3.72. The Morgan fingerprint density at radius 1 is 1.33 bits per heavy atom. The maximum Gasteiger partial charge on any atom is 0.322 e. The van der Waals surface area contributed by atoms with E-state index in [2.05, 4.69) is 9.97 Å². The van der Waals surface area contributed by atoms with E-state index in [4.69, 9.17) is 0 Å². The molecule has 0 spiro atoms. The number of aliphatic carboxylic acids is 1. The molecule has 2 aliphatic heterocycles. The minimum atomic E-state index is -3.76. The number of carboxylic acid groups (broad SMARTS) is 1. The van der Waals surface area contributed by atoms with Gasteiger partial charge in [0.1, 0.15) is 6.04 Å². The number of hydrogen-bond acceptors (Lipinski definition) is 4. The molecule has 0 saturated carbocycles. The molecule has 1 unspecified atom stereocenters. The molecule has 9 heteroatoms. The van der Waals surface area contributed by atoms with Gasteiger partial charge in [0.25, 0.3) is 10.2 Å². The van der Waals surface area contributed by atoms with Crippen molar-refractivity contribution in [3.05, 3.63) is 17.7 Å². The third-order valence-corrected chi connectivity index (χ3v) is 6.07. The Hall–Kier alpha value is -1.45. The van der Waals surface area contributed by atoms with Crippen LogP contribution in [0.5, 0.6) is 0 Å². The zero-order valence-electron chi connectivity index (χ0n) is 11.5. The summed E-state index contributed by atoms with van der Waals surface area (Å²) in [6.45, 7) is 0.952. The highest BCUT2D eigenvalue weighted by Gasteiger charge is 2.42. The molecule has 21 heavy (non-hydrogen) atoms. The summed E-state index contributed by atoms with van der Waals surface area (Å²) in [5.74, 6) is -1.13. The smallest absolute Gasteiger partial charge is 0.322 e. The molecule has 0 aliphatic carbocycles. The molecule has 0 aromatic carbocycles. The van der Waals surface area contributed by atoms with Gasteiger partial charge in [-0.3, -0.25) is 4.79 Å². The molecular formula is C12H18N4O4S. The van der Waals surface area contributed by atoms with Crippen LogP contribution < -0.4 is 0 Å². The summed E-state index contributed by atoms with van der Waals surface area (Å²) in [5, 5.41) is 9.37. The number of carbonyl (C=O) groups is 1. The van der Waals surface area contributed by atoms with E-state index in [0.29, 0.717) is 24.5 Å². The van der Waals surface area contributed by atoms with Gasteiger partial charge in [0, 0.05) is 19.5 Å². The number of aromatic nitrogens is 2. The first-order chi connectivity index (χ1) is 10.00. The number of aromatic amines is 1. The SMILES string of the molecule is O=C(O)C1Cc2nc[nH]c2CN1S(=O)(=O)N1CCCCC1. The Morgan fingerprint density at radius 3 is 2.71 bits per heavy atom. The second-order valence-corrected chi connectivity index (χ2v) is 7.28.